The quantitative estimate of drug-likeness (QED) is 0.304. The third kappa shape index (κ3) is 5.74. The Morgan fingerprint density at radius 1 is 1.11 bits per heavy atom. The Labute approximate surface area is 217 Å². The summed E-state index contributed by atoms with van der Waals surface area (Å²) in [7, 11) is 0. The van der Waals surface area contributed by atoms with Crippen molar-refractivity contribution in [2.75, 3.05) is 13.2 Å². The minimum Gasteiger partial charge on any atom is -0.494 e. The van der Waals surface area contributed by atoms with Gasteiger partial charge in [0.25, 0.3) is 5.56 Å². The van der Waals surface area contributed by atoms with Crippen LogP contribution in [0.15, 0.2) is 59.4 Å². The monoisotopic (exact) mass is 500 g/mol. The van der Waals surface area contributed by atoms with Crippen molar-refractivity contribution >= 4 is 10.9 Å². The Hall–Kier alpha value is -3.52. The van der Waals surface area contributed by atoms with E-state index >= 15 is 0 Å². The summed E-state index contributed by atoms with van der Waals surface area (Å²) in [4.78, 5) is 18.6. The van der Waals surface area contributed by atoms with Crippen LogP contribution in [0.5, 0.6) is 5.75 Å². The Balaban J connectivity index is 1.48. The van der Waals surface area contributed by atoms with Crippen LogP contribution in [0.1, 0.15) is 75.0 Å². The number of ether oxygens (including phenoxy) is 1. The number of fused-ring (bicyclic) bond motifs is 1. The molecule has 37 heavy (non-hydrogen) atoms. The van der Waals surface area contributed by atoms with Crippen LogP contribution in [0, 0.1) is 0 Å². The highest BCUT2D eigenvalue weighted by atomic mass is 16.5. The van der Waals surface area contributed by atoms with E-state index in [1.807, 2.05) is 37.3 Å². The number of benzene rings is 2. The van der Waals surface area contributed by atoms with Crippen LogP contribution in [-0.4, -0.2) is 43.2 Å². The number of aromatic amines is 1. The first-order valence-corrected chi connectivity index (χ1v) is 13.5. The molecule has 2 heterocycles. The van der Waals surface area contributed by atoms with Crippen molar-refractivity contribution in [3.63, 3.8) is 0 Å². The van der Waals surface area contributed by atoms with Crippen LogP contribution in [0.3, 0.4) is 0 Å². The first kappa shape index (κ1) is 25.1. The van der Waals surface area contributed by atoms with Crippen LogP contribution in [0.4, 0.5) is 0 Å². The zero-order chi connectivity index (χ0) is 25.6. The second kappa shape index (κ2) is 11.7. The summed E-state index contributed by atoms with van der Waals surface area (Å²) in [6.45, 7) is 6.04. The molecule has 1 N–H and O–H groups in total. The molecule has 8 nitrogen and oxygen atoms in total. The van der Waals surface area contributed by atoms with E-state index in [9.17, 15) is 4.79 Å². The Bertz CT molecular complexity index is 1360. The van der Waals surface area contributed by atoms with Crippen molar-refractivity contribution in [3.05, 3.63) is 81.9 Å². The highest BCUT2D eigenvalue weighted by molar-refractivity contribution is 5.80. The molecule has 0 aliphatic heterocycles. The average molecular weight is 501 g/mol. The molecule has 0 bridgehead atoms. The van der Waals surface area contributed by atoms with Crippen LogP contribution < -0.4 is 10.3 Å². The molecule has 4 aromatic rings. The summed E-state index contributed by atoms with van der Waals surface area (Å²) < 4.78 is 7.74. The summed E-state index contributed by atoms with van der Waals surface area (Å²) in [5.41, 5.74) is 2.75. The average Bonchev–Trinajstić information content (AvgIpc) is 3.61. The van der Waals surface area contributed by atoms with Crippen molar-refractivity contribution in [2.45, 2.75) is 71.0 Å². The zero-order valence-electron chi connectivity index (χ0n) is 21.8. The maximum atomic E-state index is 13.2. The lowest BCUT2D eigenvalue weighted by Gasteiger charge is -2.31. The predicted octanol–water partition coefficient (Wildman–Crippen LogP) is 5.22. The van der Waals surface area contributed by atoms with Crippen LogP contribution in [0.2, 0.25) is 0 Å². The van der Waals surface area contributed by atoms with Gasteiger partial charge in [0.2, 0.25) is 0 Å². The molecular weight excluding hydrogens is 464 g/mol. The number of pyridine rings is 1. The first-order valence-electron chi connectivity index (χ1n) is 13.5. The third-order valence-electron chi connectivity index (χ3n) is 7.42. The molecule has 1 fully saturated rings. The number of aromatic nitrogens is 5. The highest BCUT2D eigenvalue weighted by Crippen LogP contribution is 2.33. The van der Waals surface area contributed by atoms with Crippen molar-refractivity contribution < 1.29 is 4.74 Å². The van der Waals surface area contributed by atoms with Crippen molar-refractivity contribution in [1.82, 2.24) is 30.1 Å². The molecular formula is C29H36N6O2. The predicted molar refractivity (Wildman–Crippen MR) is 145 cm³/mol. The van der Waals surface area contributed by atoms with Gasteiger partial charge in [-0.1, -0.05) is 50.1 Å². The Kier molecular flexibility index (Phi) is 7.94. The maximum Gasteiger partial charge on any atom is 0.252 e. The maximum absolute atomic E-state index is 13.2. The van der Waals surface area contributed by atoms with Gasteiger partial charge in [-0.25, -0.2) is 4.68 Å². The van der Waals surface area contributed by atoms with E-state index in [1.54, 1.807) is 0 Å². The van der Waals surface area contributed by atoms with Gasteiger partial charge in [-0.05, 0) is 72.9 Å². The summed E-state index contributed by atoms with van der Waals surface area (Å²) in [6.07, 6.45) is 6.39. The molecule has 1 aliphatic carbocycles. The largest absolute Gasteiger partial charge is 0.494 e. The molecule has 8 heteroatoms. The fraction of sp³-hybridized carbons (Fsp3) is 0.448. The summed E-state index contributed by atoms with van der Waals surface area (Å²) in [5.74, 6) is 1.70. The van der Waals surface area contributed by atoms with E-state index < -0.39 is 0 Å². The van der Waals surface area contributed by atoms with Gasteiger partial charge >= 0.3 is 0 Å². The van der Waals surface area contributed by atoms with Crippen LogP contribution in [-0.2, 0) is 13.0 Å². The number of hydrogen-bond donors (Lipinski definition) is 1. The highest BCUT2D eigenvalue weighted by Gasteiger charge is 2.29. The number of nitrogens with zero attached hydrogens (tertiary/aromatic N) is 5. The van der Waals surface area contributed by atoms with Crippen molar-refractivity contribution in [1.29, 1.82) is 0 Å². The number of H-pyrrole nitrogens is 1. The van der Waals surface area contributed by atoms with Gasteiger partial charge in [0.05, 0.1) is 18.7 Å². The van der Waals surface area contributed by atoms with Gasteiger partial charge in [0, 0.05) is 29.6 Å². The fourth-order valence-electron chi connectivity index (χ4n) is 5.52. The molecule has 1 aliphatic rings. The normalized spacial score (nSPS) is 15.0. The first-order chi connectivity index (χ1) is 18.2. The van der Waals surface area contributed by atoms with Crippen LogP contribution >= 0.6 is 0 Å². The van der Waals surface area contributed by atoms with E-state index in [2.05, 4.69) is 61.3 Å². The number of rotatable bonds is 11. The SMILES string of the molecule is CCOc1ccc2[nH]c(=O)c(CN(CCc3ccccc3)[C@@H](CC)c3nnnn3C3CCCC3)cc2c1. The fourth-order valence-corrected chi connectivity index (χ4v) is 5.52. The van der Waals surface area contributed by atoms with Gasteiger partial charge in [-0.15, -0.1) is 5.10 Å². The lowest BCUT2D eigenvalue weighted by molar-refractivity contribution is 0.169. The molecule has 0 spiro atoms. The summed E-state index contributed by atoms with van der Waals surface area (Å²) in [6, 6.07) is 18.6. The topological polar surface area (TPSA) is 88.9 Å². The minimum atomic E-state index is -0.0633. The third-order valence-corrected chi connectivity index (χ3v) is 7.42. The van der Waals surface area contributed by atoms with Gasteiger partial charge < -0.3 is 9.72 Å². The number of hydrogen-bond acceptors (Lipinski definition) is 6. The summed E-state index contributed by atoms with van der Waals surface area (Å²) >= 11 is 0. The van der Waals surface area contributed by atoms with E-state index in [0.29, 0.717) is 19.2 Å². The molecule has 0 saturated heterocycles. The molecule has 0 radical (unpaired) electrons. The number of nitrogens with one attached hydrogen (secondary N) is 1. The minimum absolute atomic E-state index is 0.00386. The molecule has 194 valence electrons. The number of tetrazole rings is 1. The lowest BCUT2D eigenvalue weighted by Crippen LogP contribution is -2.34. The van der Waals surface area contributed by atoms with E-state index in [-0.39, 0.29) is 11.6 Å². The van der Waals surface area contributed by atoms with Crippen molar-refractivity contribution in [3.8, 4) is 5.75 Å². The zero-order valence-corrected chi connectivity index (χ0v) is 21.8. The van der Waals surface area contributed by atoms with E-state index in [4.69, 9.17) is 4.74 Å². The molecule has 1 saturated carbocycles. The molecule has 0 unspecified atom stereocenters. The summed E-state index contributed by atoms with van der Waals surface area (Å²) in [5, 5.41) is 14.0. The molecule has 2 aromatic heterocycles. The molecule has 0 amide bonds. The van der Waals surface area contributed by atoms with Gasteiger partial charge in [0.1, 0.15) is 5.75 Å². The van der Waals surface area contributed by atoms with Gasteiger partial charge in [-0.2, -0.15) is 0 Å². The Morgan fingerprint density at radius 3 is 2.68 bits per heavy atom. The second-order valence-electron chi connectivity index (χ2n) is 9.86. The lowest BCUT2D eigenvalue weighted by atomic mass is 10.1. The molecule has 2 aromatic carbocycles. The van der Waals surface area contributed by atoms with Crippen molar-refractivity contribution in [2.24, 2.45) is 0 Å². The van der Waals surface area contributed by atoms with Crippen LogP contribution in [0.25, 0.3) is 10.9 Å². The second-order valence-corrected chi connectivity index (χ2v) is 9.86. The van der Waals surface area contributed by atoms with E-state index in [0.717, 1.165) is 60.3 Å². The molecule has 5 rings (SSSR count). The smallest absolute Gasteiger partial charge is 0.252 e. The van der Waals surface area contributed by atoms with Gasteiger partial charge in [0.15, 0.2) is 5.82 Å². The standard InChI is InChI=1S/C29H36N6O2/c1-3-27(28-31-32-33-35(28)24-12-8-9-13-24)34(17-16-21-10-6-5-7-11-21)20-23-18-22-19-25(37-4-2)14-15-26(22)30-29(23)36/h5-7,10-11,14-15,18-19,24,27H,3-4,8-9,12-13,16-17,20H2,1-2H3,(H,30,36)/t27-/m0/s1. The van der Waals surface area contributed by atoms with E-state index in [1.165, 1.54) is 18.4 Å². The van der Waals surface area contributed by atoms with Gasteiger partial charge in [-0.3, -0.25) is 9.69 Å². The Morgan fingerprint density at radius 2 is 1.92 bits per heavy atom. The molecule has 1 atom stereocenters.